The lowest BCUT2D eigenvalue weighted by Gasteiger charge is -2.33. The second kappa shape index (κ2) is 9.65. The van der Waals surface area contributed by atoms with Crippen LogP contribution in [0.25, 0.3) is 11.4 Å². The Hall–Kier alpha value is -2.65. The van der Waals surface area contributed by atoms with Gasteiger partial charge in [0, 0.05) is 43.1 Å². The molecule has 31 heavy (non-hydrogen) atoms. The predicted molar refractivity (Wildman–Crippen MR) is 118 cm³/mol. The highest BCUT2D eigenvalue weighted by Gasteiger charge is 2.23. The first-order valence-corrected chi connectivity index (χ1v) is 11.5. The molecule has 1 aliphatic rings. The molecule has 3 aromatic rings. The molecule has 0 spiro atoms. The molecule has 1 amide bonds. The maximum Gasteiger partial charge on any atom is 0.241 e. The van der Waals surface area contributed by atoms with E-state index in [1.54, 1.807) is 11.8 Å². The van der Waals surface area contributed by atoms with Crippen molar-refractivity contribution in [1.29, 1.82) is 0 Å². The third kappa shape index (κ3) is 5.16. The Morgan fingerprint density at radius 2 is 1.84 bits per heavy atom. The lowest BCUT2D eigenvalue weighted by Crippen LogP contribution is -2.48. The first-order chi connectivity index (χ1) is 15.0. The minimum Gasteiger partial charge on any atom is -0.361 e. The molecule has 0 aliphatic carbocycles. The van der Waals surface area contributed by atoms with Gasteiger partial charge < -0.3 is 13.9 Å². The van der Waals surface area contributed by atoms with Gasteiger partial charge in [-0.3, -0.25) is 9.69 Å². The van der Waals surface area contributed by atoms with Crippen LogP contribution in [-0.4, -0.2) is 62.9 Å². The molecule has 0 atom stereocenters. The van der Waals surface area contributed by atoms with Crippen LogP contribution in [0.4, 0.5) is 0 Å². The summed E-state index contributed by atoms with van der Waals surface area (Å²) in [6.45, 7) is 9.48. The monoisotopic (exact) mass is 441 g/mol. The van der Waals surface area contributed by atoms with E-state index in [2.05, 4.69) is 20.2 Å². The van der Waals surface area contributed by atoms with Crippen molar-refractivity contribution >= 4 is 17.7 Å². The minimum absolute atomic E-state index is 0.177. The summed E-state index contributed by atoms with van der Waals surface area (Å²) < 4.78 is 10.6. The number of aromatic nitrogens is 3. The molecule has 0 radical (unpaired) electrons. The third-order valence-corrected chi connectivity index (χ3v) is 6.53. The molecule has 1 saturated heterocycles. The Labute approximate surface area is 186 Å². The molecular weight excluding hydrogens is 414 g/mol. The van der Waals surface area contributed by atoms with Gasteiger partial charge in [-0.1, -0.05) is 34.6 Å². The van der Waals surface area contributed by atoms with Crippen LogP contribution in [0.5, 0.6) is 0 Å². The van der Waals surface area contributed by atoms with Gasteiger partial charge in [-0.25, -0.2) is 0 Å². The number of hydrogen-bond acceptors (Lipinski definition) is 8. The highest BCUT2D eigenvalue weighted by Crippen LogP contribution is 2.21. The van der Waals surface area contributed by atoms with Crippen molar-refractivity contribution in [1.82, 2.24) is 25.1 Å². The fraction of sp³-hybridized carbons (Fsp3) is 0.455. The summed E-state index contributed by atoms with van der Waals surface area (Å²) in [5.74, 6) is 3.44. The predicted octanol–water partition coefficient (Wildman–Crippen LogP) is 3.23. The lowest BCUT2D eigenvalue weighted by molar-refractivity contribution is -0.130. The second-order valence-electron chi connectivity index (χ2n) is 7.78. The van der Waals surface area contributed by atoms with Gasteiger partial charge in [0.1, 0.15) is 5.76 Å². The normalized spacial score (nSPS) is 14.9. The Balaban J connectivity index is 1.23. The SMILES string of the molecule is Cc1ccccc1-c1noc(CN2CCN(C(=O)CSCc3c(C)noc3C)CC2)n1. The van der Waals surface area contributed by atoms with Gasteiger partial charge in [-0.2, -0.15) is 4.98 Å². The van der Waals surface area contributed by atoms with Crippen molar-refractivity contribution in [3.05, 3.63) is 52.7 Å². The first kappa shape index (κ1) is 21.6. The zero-order valence-electron chi connectivity index (χ0n) is 18.1. The van der Waals surface area contributed by atoms with Crippen molar-refractivity contribution in [2.24, 2.45) is 0 Å². The van der Waals surface area contributed by atoms with Crippen LogP contribution >= 0.6 is 11.8 Å². The standard InChI is InChI=1S/C22H27N5O3S/c1-15-6-4-5-7-18(15)22-23-20(30-25-22)12-26-8-10-27(11-9-26)21(28)14-31-13-19-16(2)24-29-17(19)3/h4-7H,8-14H2,1-3H3. The van der Waals surface area contributed by atoms with E-state index in [0.29, 0.717) is 37.1 Å². The average molecular weight is 442 g/mol. The summed E-state index contributed by atoms with van der Waals surface area (Å²) in [7, 11) is 0. The molecule has 3 heterocycles. The molecule has 9 heteroatoms. The molecule has 0 unspecified atom stereocenters. The molecule has 0 N–H and O–H groups in total. The third-order valence-electron chi connectivity index (χ3n) is 5.59. The van der Waals surface area contributed by atoms with E-state index in [1.165, 1.54) is 0 Å². The Bertz CT molecular complexity index is 1020. The number of amides is 1. The van der Waals surface area contributed by atoms with Crippen molar-refractivity contribution in [2.45, 2.75) is 33.1 Å². The smallest absolute Gasteiger partial charge is 0.241 e. The summed E-state index contributed by atoms with van der Waals surface area (Å²) >= 11 is 1.61. The molecule has 1 fully saturated rings. The fourth-order valence-electron chi connectivity index (χ4n) is 3.64. The van der Waals surface area contributed by atoms with Gasteiger partial charge in [0.05, 0.1) is 18.0 Å². The molecule has 4 rings (SSSR count). The zero-order chi connectivity index (χ0) is 21.8. The molecule has 2 aromatic heterocycles. The van der Waals surface area contributed by atoms with Crippen molar-refractivity contribution < 1.29 is 13.8 Å². The van der Waals surface area contributed by atoms with E-state index in [0.717, 1.165) is 47.0 Å². The van der Waals surface area contributed by atoms with Gasteiger partial charge in [-0.05, 0) is 26.3 Å². The number of carbonyl (C=O) groups is 1. The van der Waals surface area contributed by atoms with Gasteiger partial charge in [0.15, 0.2) is 0 Å². The summed E-state index contributed by atoms with van der Waals surface area (Å²) in [6.07, 6.45) is 0. The van der Waals surface area contributed by atoms with Crippen LogP contribution in [0.3, 0.4) is 0 Å². The Kier molecular flexibility index (Phi) is 6.72. The number of nitrogens with zero attached hydrogens (tertiary/aromatic N) is 5. The highest BCUT2D eigenvalue weighted by atomic mass is 32.2. The van der Waals surface area contributed by atoms with Crippen LogP contribution in [0, 0.1) is 20.8 Å². The molecular formula is C22H27N5O3S. The topological polar surface area (TPSA) is 88.5 Å². The number of rotatable bonds is 7. The number of benzene rings is 1. The van der Waals surface area contributed by atoms with E-state index >= 15 is 0 Å². The number of aryl methyl sites for hydroxylation is 3. The van der Waals surface area contributed by atoms with E-state index in [1.807, 2.05) is 49.9 Å². The zero-order valence-corrected chi connectivity index (χ0v) is 18.9. The van der Waals surface area contributed by atoms with Gasteiger partial charge in [0.25, 0.3) is 0 Å². The second-order valence-corrected chi connectivity index (χ2v) is 8.76. The van der Waals surface area contributed by atoms with E-state index < -0.39 is 0 Å². The summed E-state index contributed by atoms with van der Waals surface area (Å²) in [6, 6.07) is 8.00. The van der Waals surface area contributed by atoms with Crippen molar-refractivity contribution in [2.75, 3.05) is 31.9 Å². The molecule has 0 saturated carbocycles. The van der Waals surface area contributed by atoms with Crippen LogP contribution in [-0.2, 0) is 17.1 Å². The van der Waals surface area contributed by atoms with Crippen molar-refractivity contribution in [3.63, 3.8) is 0 Å². The molecule has 1 aromatic carbocycles. The summed E-state index contributed by atoms with van der Waals surface area (Å²) in [5, 5.41) is 8.09. The largest absolute Gasteiger partial charge is 0.361 e. The Morgan fingerprint density at radius 3 is 2.55 bits per heavy atom. The maximum absolute atomic E-state index is 12.6. The lowest BCUT2D eigenvalue weighted by atomic mass is 10.1. The molecule has 1 aliphatic heterocycles. The first-order valence-electron chi connectivity index (χ1n) is 10.4. The van der Waals surface area contributed by atoms with Crippen LogP contribution in [0.2, 0.25) is 0 Å². The quantitative estimate of drug-likeness (QED) is 0.552. The molecule has 8 nitrogen and oxygen atoms in total. The molecule has 0 bridgehead atoms. The maximum atomic E-state index is 12.6. The van der Waals surface area contributed by atoms with Crippen LogP contribution in [0.1, 0.15) is 28.5 Å². The van der Waals surface area contributed by atoms with E-state index in [4.69, 9.17) is 9.05 Å². The van der Waals surface area contributed by atoms with Gasteiger partial charge >= 0.3 is 0 Å². The van der Waals surface area contributed by atoms with E-state index in [-0.39, 0.29) is 5.91 Å². The average Bonchev–Trinajstić information content (AvgIpc) is 3.36. The highest BCUT2D eigenvalue weighted by molar-refractivity contribution is 7.99. The number of hydrogen-bond donors (Lipinski definition) is 0. The fourth-order valence-corrected chi connectivity index (χ4v) is 4.71. The van der Waals surface area contributed by atoms with Gasteiger partial charge in [0.2, 0.25) is 17.6 Å². The summed E-state index contributed by atoms with van der Waals surface area (Å²) in [5.41, 5.74) is 4.10. The van der Waals surface area contributed by atoms with Crippen LogP contribution in [0.15, 0.2) is 33.3 Å². The van der Waals surface area contributed by atoms with Crippen molar-refractivity contribution in [3.8, 4) is 11.4 Å². The van der Waals surface area contributed by atoms with Gasteiger partial charge in [-0.15, -0.1) is 11.8 Å². The van der Waals surface area contributed by atoms with Crippen LogP contribution < -0.4 is 0 Å². The minimum atomic E-state index is 0.177. The number of piperazine rings is 1. The number of carbonyl (C=O) groups excluding carboxylic acids is 1. The Morgan fingerprint density at radius 1 is 1.06 bits per heavy atom. The molecule has 164 valence electrons. The number of thioether (sulfide) groups is 1. The van der Waals surface area contributed by atoms with E-state index in [9.17, 15) is 4.79 Å². The summed E-state index contributed by atoms with van der Waals surface area (Å²) in [4.78, 5) is 21.3.